The first kappa shape index (κ1) is 26.1. The van der Waals surface area contributed by atoms with E-state index >= 15 is 0 Å². The fourth-order valence-electron chi connectivity index (χ4n) is 4.00. The quantitative estimate of drug-likeness (QED) is 0.439. The number of nitriles is 1. The minimum atomic E-state index is 0.00856. The molecule has 0 aliphatic carbocycles. The van der Waals surface area contributed by atoms with E-state index in [0.29, 0.717) is 29.8 Å². The molecule has 182 valence electrons. The normalized spacial score (nSPS) is 14.7. The zero-order chi connectivity index (χ0) is 24.5. The van der Waals surface area contributed by atoms with E-state index in [-0.39, 0.29) is 17.6 Å². The number of benzene rings is 1. The van der Waals surface area contributed by atoms with Crippen LogP contribution >= 0.6 is 15.9 Å². The summed E-state index contributed by atoms with van der Waals surface area (Å²) in [5.74, 6) is 0.910. The Bertz CT molecular complexity index is 971. The van der Waals surface area contributed by atoms with E-state index in [1.165, 1.54) is 0 Å². The number of rotatable bonds is 10. The number of hydrogen-bond acceptors (Lipinski definition) is 7. The Morgan fingerprint density at radius 3 is 2.56 bits per heavy atom. The molecule has 1 amide bonds. The average molecular weight is 528 g/mol. The number of carbonyl (C=O) groups excluding carboxylic acids is 1. The molecule has 34 heavy (non-hydrogen) atoms. The van der Waals surface area contributed by atoms with Crippen molar-refractivity contribution in [2.75, 3.05) is 57.9 Å². The zero-order valence-corrected chi connectivity index (χ0v) is 21.9. The second-order valence-corrected chi connectivity index (χ2v) is 9.98. The summed E-state index contributed by atoms with van der Waals surface area (Å²) < 4.78 is 0.656. The van der Waals surface area contributed by atoms with Crippen molar-refractivity contribution in [3.05, 3.63) is 52.4 Å². The molecular formula is C25H34BrN7O. The molecule has 0 bridgehead atoms. The van der Waals surface area contributed by atoms with E-state index in [4.69, 9.17) is 0 Å². The molecule has 2 heterocycles. The molecule has 1 aromatic heterocycles. The van der Waals surface area contributed by atoms with Gasteiger partial charge in [-0.1, -0.05) is 44.2 Å². The first-order chi connectivity index (χ1) is 16.4. The predicted octanol–water partition coefficient (Wildman–Crippen LogP) is 3.20. The molecular weight excluding hydrogens is 494 g/mol. The summed E-state index contributed by atoms with van der Waals surface area (Å²) in [5.41, 5.74) is 0.973. The highest BCUT2D eigenvalue weighted by molar-refractivity contribution is 9.10. The molecule has 1 fully saturated rings. The molecule has 0 N–H and O–H groups in total. The summed E-state index contributed by atoms with van der Waals surface area (Å²) >= 11 is 3.54. The van der Waals surface area contributed by atoms with Gasteiger partial charge in [-0.15, -0.1) is 0 Å². The number of hydrazine groups is 1. The molecule has 0 spiro atoms. The summed E-state index contributed by atoms with van der Waals surface area (Å²) in [4.78, 5) is 27.0. The maximum absolute atomic E-state index is 13.6. The lowest BCUT2D eigenvalue weighted by molar-refractivity contribution is -0.131. The van der Waals surface area contributed by atoms with E-state index in [0.717, 1.165) is 44.7 Å². The van der Waals surface area contributed by atoms with Crippen LogP contribution in [0.2, 0.25) is 0 Å². The van der Waals surface area contributed by atoms with Crippen LogP contribution in [0.25, 0.3) is 0 Å². The topological polar surface area (TPSA) is 79.6 Å². The molecule has 1 saturated heterocycles. The molecule has 3 rings (SSSR count). The highest BCUT2D eigenvalue weighted by atomic mass is 79.9. The van der Waals surface area contributed by atoms with Crippen LogP contribution in [0.5, 0.6) is 0 Å². The summed E-state index contributed by atoms with van der Waals surface area (Å²) in [5, 5.41) is 13.1. The number of piperazine rings is 1. The molecule has 9 heteroatoms. The average Bonchev–Trinajstić information content (AvgIpc) is 2.82. The first-order valence-electron chi connectivity index (χ1n) is 11.8. The molecule has 1 aromatic carbocycles. The van der Waals surface area contributed by atoms with Crippen LogP contribution < -0.4 is 5.01 Å². The third kappa shape index (κ3) is 7.49. The number of aromatic nitrogens is 2. The standard InChI is InChI=1S/C25H34BrN7O/c1-20(2)19-33(25-22(26)18-28-23(17-27)29-25)32(24(34)16-21-8-5-4-6-9-21)11-7-10-31-14-12-30(3)13-15-31/h4-6,8-9,18,20H,7,10-16,19H2,1-3H3. The maximum Gasteiger partial charge on any atom is 0.245 e. The molecule has 1 aliphatic rings. The van der Waals surface area contributed by atoms with E-state index in [1.54, 1.807) is 6.20 Å². The Morgan fingerprint density at radius 2 is 1.91 bits per heavy atom. The van der Waals surface area contributed by atoms with Crippen LogP contribution in [0.1, 0.15) is 31.7 Å². The van der Waals surface area contributed by atoms with E-state index in [2.05, 4.69) is 56.6 Å². The van der Waals surface area contributed by atoms with Crippen molar-refractivity contribution in [1.82, 2.24) is 24.8 Å². The van der Waals surface area contributed by atoms with Gasteiger partial charge in [0.1, 0.15) is 6.07 Å². The van der Waals surface area contributed by atoms with Crippen molar-refractivity contribution in [2.45, 2.75) is 26.7 Å². The molecule has 1 aliphatic heterocycles. The van der Waals surface area contributed by atoms with Crippen LogP contribution in [-0.4, -0.2) is 83.5 Å². The number of amides is 1. The van der Waals surface area contributed by atoms with Crippen molar-refractivity contribution in [1.29, 1.82) is 5.26 Å². The zero-order valence-electron chi connectivity index (χ0n) is 20.3. The largest absolute Gasteiger partial charge is 0.304 e. The molecule has 8 nitrogen and oxygen atoms in total. The van der Waals surface area contributed by atoms with Crippen LogP contribution in [0, 0.1) is 17.2 Å². The van der Waals surface area contributed by atoms with Crippen LogP contribution in [-0.2, 0) is 11.2 Å². The fourth-order valence-corrected chi connectivity index (χ4v) is 4.39. The van der Waals surface area contributed by atoms with Gasteiger partial charge in [-0.3, -0.25) is 14.8 Å². The summed E-state index contributed by atoms with van der Waals surface area (Å²) in [6.45, 7) is 10.6. The van der Waals surface area contributed by atoms with Gasteiger partial charge < -0.3 is 9.80 Å². The number of nitrogens with zero attached hydrogens (tertiary/aromatic N) is 7. The Hall–Kier alpha value is -2.54. The maximum atomic E-state index is 13.6. The number of carbonyl (C=O) groups is 1. The lowest BCUT2D eigenvalue weighted by Gasteiger charge is -2.38. The Labute approximate surface area is 211 Å². The highest BCUT2D eigenvalue weighted by Gasteiger charge is 2.26. The van der Waals surface area contributed by atoms with Gasteiger partial charge in [0.05, 0.1) is 10.9 Å². The lowest BCUT2D eigenvalue weighted by Crippen LogP contribution is -2.51. The van der Waals surface area contributed by atoms with Gasteiger partial charge >= 0.3 is 0 Å². The lowest BCUT2D eigenvalue weighted by atomic mass is 10.1. The number of hydrogen-bond donors (Lipinski definition) is 0. The molecule has 0 atom stereocenters. The van der Waals surface area contributed by atoms with Crippen molar-refractivity contribution < 1.29 is 4.79 Å². The Kier molecular flexibility index (Phi) is 9.81. The van der Waals surface area contributed by atoms with Crippen molar-refractivity contribution in [3.63, 3.8) is 0 Å². The minimum absolute atomic E-state index is 0.00856. The van der Waals surface area contributed by atoms with Gasteiger partial charge in [-0.2, -0.15) is 10.2 Å². The molecule has 2 aromatic rings. The predicted molar refractivity (Wildman–Crippen MR) is 137 cm³/mol. The van der Waals surface area contributed by atoms with Crippen LogP contribution in [0.15, 0.2) is 41.0 Å². The van der Waals surface area contributed by atoms with E-state index in [9.17, 15) is 10.1 Å². The van der Waals surface area contributed by atoms with Crippen molar-refractivity contribution >= 4 is 27.7 Å². The van der Waals surface area contributed by atoms with Crippen LogP contribution in [0.4, 0.5) is 5.82 Å². The third-order valence-corrected chi connectivity index (χ3v) is 6.39. The van der Waals surface area contributed by atoms with Gasteiger partial charge in [-0.25, -0.2) is 4.98 Å². The minimum Gasteiger partial charge on any atom is -0.304 e. The SMILES string of the molecule is CC(C)CN(c1nc(C#N)ncc1Br)N(CCCN1CCN(C)CC1)C(=O)Cc1ccccc1. The van der Waals surface area contributed by atoms with E-state index < -0.39 is 0 Å². The fraction of sp³-hybridized carbons (Fsp3) is 0.520. The van der Waals surface area contributed by atoms with E-state index in [1.807, 2.05) is 46.4 Å². The monoisotopic (exact) mass is 527 g/mol. The highest BCUT2D eigenvalue weighted by Crippen LogP contribution is 2.26. The summed E-state index contributed by atoms with van der Waals surface area (Å²) in [7, 11) is 2.15. The van der Waals surface area contributed by atoms with Gasteiger partial charge in [-0.05, 0) is 40.9 Å². The van der Waals surface area contributed by atoms with Crippen LogP contribution in [0.3, 0.4) is 0 Å². The summed E-state index contributed by atoms with van der Waals surface area (Å²) in [6.07, 6.45) is 2.74. The Balaban J connectivity index is 1.85. The van der Waals surface area contributed by atoms with Crippen molar-refractivity contribution in [3.8, 4) is 6.07 Å². The molecule has 0 saturated carbocycles. The Morgan fingerprint density at radius 1 is 1.21 bits per heavy atom. The number of anilines is 1. The molecule has 0 unspecified atom stereocenters. The second-order valence-electron chi connectivity index (χ2n) is 9.13. The number of likely N-dealkylation sites (N-methyl/N-ethyl adjacent to an activating group) is 1. The first-order valence-corrected chi connectivity index (χ1v) is 12.6. The summed E-state index contributed by atoms with van der Waals surface area (Å²) in [6, 6.07) is 11.8. The van der Waals surface area contributed by atoms with Gasteiger partial charge in [0.25, 0.3) is 0 Å². The molecule has 0 radical (unpaired) electrons. The van der Waals surface area contributed by atoms with Crippen molar-refractivity contribution in [2.24, 2.45) is 5.92 Å². The third-order valence-electron chi connectivity index (χ3n) is 5.83. The van der Waals surface area contributed by atoms with Gasteiger partial charge in [0.2, 0.25) is 11.7 Å². The number of halogens is 1. The smallest absolute Gasteiger partial charge is 0.245 e. The van der Waals surface area contributed by atoms with Gasteiger partial charge in [0, 0.05) is 52.0 Å². The van der Waals surface area contributed by atoms with Gasteiger partial charge in [0.15, 0.2) is 5.82 Å². The second kappa shape index (κ2) is 12.8.